The highest BCUT2D eigenvalue weighted by Gasteiger charge is 2.44. The molecule has 0 aliphatic carbocycles. The van der Waals surface area contributed by atoms with Crippen molar-refractivity contribution in [1.29, 1.82) is 0 Å². The molecule has 148 valence electrons. The minimum Gasteiger partial charge on any atom is -0.397 e. The van der Waals surface area contributed by atoms with Gasteiger partial charge in [-0.05, 0) is 37.5 Å². The van der Waals surface area contributed by atoms with Gasteiger partial charge < -0.3 is 15.5 Å². The van der Waals surface area contributed by atoms with E-state index in [1.807, 2.05) is 11.8 Å². The lowest BCUT2D eigenvalue weighted by Crippen LogP contribution is -2.65. The number of anilines is 1. The molecule has 2 amide bonds. The molecule has 3 aliphatic heterocycles. The molecule has 5 rings (SSSR count). The van der Waals surface area contributed by atoms with Crippen molar-refractivity contribution in [2.45, 2.75) is 31.8 Å². The van der Waals surface area contributed by atoms with Crippen molar-refractivity contribution in [2.75, 3.05) is 18.8 Å². The summed E-state index contributed by atoms with van der Waals surface area (Å²) in [7, 11) is 1.73. The molecule has 28 heavy (non-hydrogen) atoms. The Morgan fingerprint density at radius 2 is 1.71 bits per heavy atom. The van der Waals surface area contributed by atoms with Crippen molar-refractivity contribution < 1.29 is 9.59 Å². The largest absolute Gasteiger partial charge is 0.397 e. The van der Waals surface area contributed by atoms with Crippen LogP contribution >= 0.6 is 23.2 Å². The summed E-state index contributed by atoms with van der Waals surface area (Å²) in [6.45, 7) is 2.79. The van der Waals surface area contributed by atoms with Gasteiger partial charge in [0.25, 0.3) is 11.8 Å². The molecule has 1 aromatic heterocycles. The van der Waals surface area contributed by atoms with Gasteiger partial charge in [0.05, 0.1) is 15.7 Å². The summed E-state index contributed by atoms with van der Waals surface area (Å²) in [6, 6.07) is 3.29. The number of nitrogen functional groups attached to an aromatic ring is 1. The van der Waals surface area contributed by atoms with E-state index in [0.717, 1.165) is 18.4 Å². The third-order valence-electron chi connectivity index (χ3n) is 5.57. The van der Waals surface area contributed by atoms with Crippen LogP contribution in [0.3, 0.4) is 0 Å². The number of hydrogen-bond acceptors (Lipinski definition) is 4. The van der Waals surface area contributed by atoms with Crippen LogP contribution in [0.2, 0.25) is 10.0 Å². The van der Waals surface area contributed by atoms with Gasteiger partial charge in [-0.2, -0.15) is 5.10 Å². The number of aromatic nitrogens is 2. The van der Waals surface area contributed by atoms with Crippen molar-refractivity contribution in [1.82, 2.24) is 19.6 Å². The second-order valence-electron chi connectivity index (χ2n) is 7.50. The summed E-state index contributed by atoms with van der Waals surface area (Å²) < 4.78 is 1.53. The van der Waals surface area contributed by atoms with Crippen LogP contribution in [-0.2, 0) is 7.05 Å². The fourth-order valence-corrected chi connectivity index (χ4v) is 4.52. The molecule has 2 aromatic rings. The number of carbonyl (C=O) groups is 2. The highest BCUT2D eigenvalue weighted by molar-refractivity contribution is 6.34. The molecular formula is C19H21Cl2N5O2. The number of amides is 2. The summed E-state index contributed by atoms with van der Waals surface area (Å²) in [5.74, 6) is -0.261. The zero-order chi connectivity index (χ0) is 20.2. The first kappa shape index (κ1) is 19.1. The predicted molar refractivity (Wildman–Crippen MR) is 108 cm³/mol. The van der Waals surface area contributed by atoms with Gasteiger partial charge in [0.1, 0.15) is 0 Å². The summed E-state index contributed by atoms with van der Waals surface area (Å²) in [5.41, 5.74) is 7.88. The van der Waals surface area contributed by atoms with Crippen LogP contribution in [0.4, 0.5) is 5.69 Å². The monoisotopic (exact) mass is 421 g/mol. The lowest BCUT2D eigenvalue weighted by atomic mass is 9.89. The molecule has 2 N–H and O–H groups in total. The first-order valence-electron chi connectivity index (χ1n) is 9.13. The Kier molecular flexibility index (Phi) is 4.75. The molecule has 4 heterocycles. The van der Waals surface area contributed by atoms with E-state index in [1.165, 1.54) is 4.68 Å². The Morgan fingerprint density at radius 1 is 1.11 bits per heavy atom. The number of fused-ring (bicyclic) bond motifs is 3. The number of hydrogen-bond donors (Lipinski definition) is 1. The fraction of sp³-hybridized carbons (Fsp3) is 0.421. The SMILES string of the molecule is Cc1cc(C(=O)N2CC3CCC2CN3C(=O)c2nn(C)cc2Cl)cc(N)c1Cl. The van der Waals surface area contributed by atoms with Crippen molar-refractivity contribution >= 4 is 40.7 Å². The van der Waals surface area contributed by atoms with Crippen molar-refractivity contribution in [2.24, 2.45) is 7.05 Å². The Hall–Kier alpha value is -2.25. The van der Waals surface area contributed by atoms with Gasteiger partial charge in [0.2, 0.25) is 0 Å². The standard InChI is InChI=1S/C19H21Cl2N5O2/c1-10-5-11(6-15(22)16(10)21)18(27)25-7-13-4-3-12(25)8-26(13)19(28)17-14(20)9-24(2)23-17/h5-6,9,12-13H,3-4,7-8,22H2,1-2H3. The van der Waals surface area contributed by atoms with Gasteiger partial charge in [-0.15, -0.1) is 0 Å². The molecule has 0 saturated carbocycles. The van der Waals surface area contributed by atoms with E-state index in [4.69, 9.17) is 28.9 Å². The van der Waals surface area contributed by atoms with Crippen LogP contribution in [0.5, 0.6) is 0 Å². The molecule has 2 bridgehead atoms. The summed E-state index contributed by atoms with van der Waals surface area (Å²) in [6.07, 6.45) is 3.32. The van der Waals surface area contributed by atoms with Crippen LogP contribution in [0.25, 0.3) is 0 Å². The smallest absolute Gasteiger partial charge is 0.276 e. The van der Waals surface area contributed by atoms with Gasteiger partial charge in [0.15, 0.2) is 5.69 Å². The maximum Gasteiger partial charge on any atom is 0.276 e. The highest BCUT2D eigenvalue weighted by atomic mass is 35.5. The Balaban J connectivity index is 1.55. The van der Waals surface area contributed by atoms with E-state index in [9.17, 15) is 9.59 Å². The minimum atomic E-state index is -0.181. The molecule has 2 atom stereocenters. The van der Waals surface area contributed by atoms with Crippen LogP contribution in [0.1, 0.15) is 39.3 Å². The van der Waals surface area contributed by atoms with E-state index >= 15 is 0 Å². The Morgan fingerprint density at radius 3 is 2.21 bits per heavy atom. The maximum atomic E-state index is 13.1. The third kappa shape index (κ3) is 3.12. The lowest BCUT2D eigenvalue weighted by Gasteiger charge is -2.51. The van der Waals surface area contributed by atoms with Crippen LogP contribution in [-0.4, -0.2) is 56.6 Å². The van der Waals surface area contributed by atoms with Crippen molar-refractivity contribution in [3.05, 3.63) is 45.2 Å². The van der Waals surface area contributed by atoms with Gasteiger partial charge >= 0.3 is 0 Å². The van der Waals surface area contributed by atoms with Gasteiger partial charge in [-0.1, -0.05) is 23.2 Å². The molecule has 3 fully saturated rings. The number of aryl methyl sites for hydroxylation is 2. The molecule has 9 heteroatoms. The number of nitrogens with zero attached hydrogens (tertiary/aromatic N) is 4. The van der Waals surface area contributed by atoms with Crippen LogP contribution in [0.15, 0.2) is 18.3 Å². The van der Waals surface area contributed by atoms with E-state index in [-0.39, 0.29) is 29.6 Å². The number of halogens is 2. The summed E-state index contributed by atoms with van der Waals surface area (Å²) in [5, 5.41) is 5.00. The second-order valence-corrected chi connectivity index (χ2v) is 8.28. The molecule has 3 saturated heterocycles. The molecule has 0 spiro atoms. The van der Waals surface area contributed by atoms with Crippen LogP contribution in [0, 0.1) is 6.92 Å². The van der Waals surface area contributed by atoms with Gasteiger partial charge in [0, 0.05) is 44.0 Å². The number of nitrogens with two attached hydrogens (primary N) is 1. The molecular weight excluding hydrogens is 401 g/mol. The first-order chi connectivity index (χ1) is 13.3. The predicted octanol–water partition coefficient (Wildman–Crippen LogP) is 2.75. The number of rotatable bonds is 2. The number of benzene rings is 1. The normalized spacial score (nSPS) is 21.3. The molecule has 3 aliphatic rings. The summed E-state index contributed by atoms with van der Waals surface area (Å²) >= 11 is 12.3. The average molecular weight is 422 g/mol. The van der Waals surface area contributed by atoms with Crippen molar-refractivity contribution in [3.63, 3.8) is 0 Å². The minimum absolute atomic E-state index is 0.0406. The molecule has 7 nitrogen and oxygen atoms in total. The van der Waals surface area contributed by atoms with Crippen molar-refractivity contribution in [3.8, 4) is 0 Å². The van der Waals surface area contributed by atoms with Gasteiger partial charge in [-0.3, -0.25) is 14.3 Å². The quantitative estimate of drug-likeness (QED) is 0.755. The summed E-state index contributed by atoms with van der Waals surface area (Å²) in [4.78, 5) is 29.7. The number of piperidine rings is 2. The topological polar surface area (TPSA) is 84.5 Å². The lowest BCUT2D eigenvalue weighted by molar-refractivity contribution is -0.00636. The Labute approximate surface area is 173 Å². The molecule has 2 unspecified atom stereocenters. The average Bonchev–Trinajstić information content (AvgIpc) is 3.02. The second kappa shape index (κ2) is 6.97. The van der Waals surface area contributed by atoms with E-state index in [0.29, 0.717) is 34.4 Å². The van der Waals surface area contributed by atoms with E-state index in [2.05, 4.69) is 5.10 Å². The maximum absolute atomic E-state index is 13.1. The zero-order valence-corrected chi connectivity index (χ0v) is 17.2. The molecule has 1 aromatic carbocycles. The highest BCUT2D eigenvalue weighted by Crippen LogP contribution is 2.33. The number of piperazine rings is 1. The fourth-order valence-electron chi connectivity index (χ4n) is 4.15. The first-order valence-corrected chi connectivity index (χ1v) is 9.88. The Bertz CT molecular complexity index is 950. The van der Waals surface area contributed by atoms with Crippen LogP contribution < -0.4 is 5.73 Å². The van der Waals surface area contributed by atoms with Gasteiger partial charge in [-0.25, -0.2) is 0 Å². The zero-order valence-electron chi connectivity index (χ0n) is 15.7. The van der Waals surface area contributed by atoms with E-state index < -0.39 is 0 Å². The number of carbonyl (C=O) groups excluding carboxylic acids is 2. The van der Waals surface area contributed by atoms with E-state index in [1.54, 1.807) is 30.3 Å². The third-order valence-corrected chi connectivity index (χ3v) is 6.36. The molecule has 0 radical (unpaired) electrons.